The normalized spacial score (nSPS) is 23.0. The van der Waals surface area contributed by atoms with Gasteiger partial charge in [0.2, 0.25) is 6.79 Å². The molecule has 0 radical (unpaired) electrons. The van der Waals surface area contributed by atoms with Gasteiger partial charge < -0.3 is 19.7 Å². The Bertz CT molecular complexity index is 776. The van der Waals surface area contributed by atoms with Crippen LogP contribution in [0.3, 0.4) is 0 Å². The molecule has 25 heavy (non-hydrogen) atoms. The Morgan fingerprint density at radius 2 is 1.96 bits per heavy atom. The maximum Gasteiger partial charge on any atom is 0.231 e. The van der Waals surface area contributed by atoms with Gasteiger partial charge in [-0.05, 0) is 43.7 Å². The van der Waals surface area contributed by atoms with Crippen LogP contribution in [-0.2, 0) is 6.54 Å². The second kappa shape index (κ2) is 6.58. The van der Waals surface area contributed by atoms with Gasteiger partial charge in [-0.15, -0.1) is 0 Å². The van der Waals surface area contributed by atoms with E-state index in [2.05, 4.69) is 4.90 Å². The minimum Gasteiger partial charge on any atom is -0.508 e. The molecule has 0 unspecified atom stereocenters. The van der Waals surface area contributed by atoms with Gasteiger partial charge in [0.05, 0.1) is 6.10 Å². The molecule has 2 aromatic carbocycles. The zero-order valence-electron chi connectivity index (χ0n) is 14.3. The van der Waals surface area contributed by atoms with Crippen molar-refractivity contribution in [2.24, 2.45) is 0 Å². The van der Waals surface area contributed by atoms with Gasteiger partial charge in [0, 0.05) is 24.6 Å². The number of piperidine rings is 1. The fourth-order valence-corrected chi connectivity index (χ4v) is 3.76. The predicted octanol–water partition coefficient (Wildman–Crippen LogP) is 2.78. The van der Waals surface area contributed by atoms with Gasteiger partial charge in [0.1, 0.15) is 5.75 Å². The van der Waals surface area contributed by atoms with Crippen molar-refractivity contribution < 1.29 is 19.7 Å². The van der Waals surface area contributed by atoms with Crippen molar-refractivity contribution in [2.75, 3.05) is 19.9 Å². The van der Waals surface area contributed by atoms with E-state index in [0.29, 0.717) is 18.8 Å². The number of nitrogens with zero attached hydrogens (tertiary/aromatic N) is 1. The molecule has 0 bridgehead atoms. The number of ether oxygens (including phenoxy) is 2. The quantitative estimate of drug-likeness (QED) is 0.899. The first kappa shape index (κ1) is 16.2. The summed E-state index contributed by atoms with van der Waals surface area (Å²) in [6.45, 7) is 4.40. The van der Waals surface area contributed by atoms with Gasteiger partial charge in [-0.25, -0.2) is 0 Å². The largest absolute Gasteiger partial charge is 0.508 e. The summed E-state index contributed by atoms with van der Waals surface area (Å²) in [5, 5.41) is 20.7. The van der Waals surface area contributed by atoms with Crippen LogP contribution in [0, 0.1) is 6.92 Å². The Hall–Kier alpha value is -2.24. The number of aliphatic hydroxyl groups excluding tert-OH is 1. The minimum atomic E-state index is -0.443. The van der Waals surface area contributed by atoms with E-state index in [1.54, 1.807) is 6.07 Å². The number of hydrogen-bond acceptors (Lipinski definition) is 5. The molecule has 1 fully saturated rings. The Morgan fingerprint density at radius 3 is 2.80 bits per heavy atom. The van der Waals surface area contributed by atoms with Crippen LogP contribution in [0.15, 0.2) is 36.4 Å². The number of hydrogen-bond donors (Lipinski definition) is 2. The fraction of sp³-hybridized carbons (Fsp3) is 0.400. The van der Waals surface area contributed by atoms with Crippen LogP contribution in [0.2, 0.25) is 0 Å². The Labute approximate surface area is 147 Å². The van der Waals surface area contributed by atoms with Crippen LogP contribution in [0.25, 0.3) is 0 Å². The lowest BCUT2D eigenvalue weighted by Gasteiger charge is -2.36. The van der Waals surface area contributed by atoms with E-state index in [0.717, 1.165) is 41.2 Å². The number of phenols is 1. The van der Waals surface area contributed by atoms with Gasteiger partial charge in [0.25, 0.3) is 0 Å². The summed E-state index contributed by atoms with van der Waals surface area (Å²) >= 11 is 0. The molecule has 2 aliphatic rings. The summed E-state index contributed by atoms with van der Waals surface area (Å²) in [5.41, 5.74) is 3.13. The molecular formula is C20H23NO4. The van der Waals surface area contributed by atoms with Crippen LogP contribution in [0.1, 0.15) is 29.0 Å². The summed E-state index contributed by atoms with van der Waals surface area (Å²) in [4.78, 5) is 2.20. The molecule has 0 spiro atoms. The molecule has 5 heteroatoms. The number of β-amino-alcohol motifs (C(OH)–C–C–N with tert-alkyl or cyclic N) is 1. The van der Waals surface area contributed by atoms with Gasteiger partial charge >= 0.3 is 0 Å². The predicted molar refractivity (Wildman–Crippen MR) is 94.1 cm³/mol. The fourth-order valence-electron chi connectivity index (χ4n) is 3.76. The van der Waals surface area contributed by atoms with Crippen molar-refractivity contribution in [1.29, 1.82) is 0 Å². The lowest BCUT2D eigenvalue weighted by molar-refractivity contribution is 0.0473. The van der Waals surface area contributed by atoms with Crippen LogP contribution >= 0.6 is 0 Å². The number of fused-ring (bicyclic) bond motifs is 1. The summed E-state index contributed by atoms with van der Waals surface area (Å²) < 4.78 is 10.8. The second-order valence-corrected chi connectivity index (χ2v) is 6.94. The maximum atomic E-state index is 10.7. The standard InChI is InChI=1S/C20H23NO4/c1-13-2-4-17(22)15(8-13)10-21-7-6-16(18(23)11-21)14-3-5-19-20(9-14)25-12-24-19/h2-5,8-9,16,18,22-23H,6-7,10-12H2,1H3/t16-,18+/m0/s1. The van der Waals surface area contributed by atoms with Crippen LogP contribution in [0.4, 0.5) is 0 Å². The zero-order chi connectivity index (χ0) is 17.4. The topological polar surface area (TPSA) is 62.2 Å². The molecule has 0 aromatic heterocycles. The Kier molecular flexibility index (Phi) is 4.27. The van der Waals surface area contributed by atoms with E-state index < -0.39 is 6.10 Å². The van der Waals surface area contributed by atoms with Crippen LogP contribution in [-0.4, -0.2) is 41.1 Å². The summed E-state index contributed by atoms with van der Waals surface area (Å²) in [5.74, 6) is 1.94. The molecule has 2 aromatic rings. The third kappa shape index (κ3) is 3.30. The van der Waals surface area contributed by atoms with E-state index in [1.165, 1.54) is 0 Å². The highest BCUT2D eigenvalue weighted by atomic mass is 16.7. The molecule has 132 valence electrons. The SMILES string of the molecule is Cc1ccc(O)c(CN2CC[C@@H](c3ccc4c(c3)OCO4)[C@H](O)C2)c1. The van der Waals surface area contributed by atoms with E-state index in [4.69, 9.17) is 9.47 Å². The van der Waals surface area contributed by atoms with E-state index in [1.807, 2.05) is 37.3 Å². The summed E-state index contributed by atoms with van der Waals surface area (Å²) in [6, 6.07) is 11.6. The molecule has 0 saturated carbocycles. The first-order chi connectivity index (χ1) is 12.1. The molecule has 2 atom stereocenters. The minimum absolute atomic E-state index is 0.0943. The number of benzene rings is 2. The van der Waals surface area contributed by atoms with Gasteiger partial charge in [-0.3, -0.25) is 4.90 Å². The molecule has 0 amide bonds. The first-order valence-electron chi connectivity index (χ1n) is 8.68. The van der Waals surface area contributed by atoms with Crippen molar-refractivity contribution in [3.63, 3.8) is 0 Å². The highest BCUT2D eigenvalue weighted by Crippen LogP contribution is 2.37. The van der Waals surface area contributed by atoms with Gasteiger partial charge in [-0.1, -0.05) is 23.8 Å². The highest BCUT2D eigenvalue weighted by molar-refractivity contribution is 5.45. The lowest BCUT2D eigenvalue weighted by atomic mass is 9.86. The van der Waals surface area contributed by atoms with Crippen molar-refractivity contribution >= 4 is 0 Å². The molecule has 1 saturated heterocycles. The number of rotatable bonds is 3. The average Bonchev–Trinajstić information content (AvgIpc) is 3.06. The number of likely N-dealkylation sites (tertiary alicyclic amines) is 1. The molecular weight excluding hydrogens is 318 g/mol. The summed E-state index contributed by atoms with van der Waals surface area (Å²) in [6.07, 6.45) is 0.425. The molecule has 0 aliphatic carbocycles. The monoisotopic (exact) mass is 341 g/mol. The maximum absolute atomic E-state index is 10.7. The third-order valence-corrected chi connectivity index (χ3v) is 5.12. The number of aryl methyl sites for hydroxylation is 1. The number of aliphatic hydroxyl groups is 1. The van der Waals surface area contributed by atoms with Gasteiger partial charge in [-0.2, -0.15) is 0 Å². The first-order valence-corrected chi connectivity index (χ1v) is 8.68. The number of phenolic OH excluding ortho intramolecular Hbond substituents is 1. The molecule has 4 rings (SSSR count). The van der Waals surface area contributed by atoms with Crippen LogP contribution in [0.5, 0.6) is 17.2 Å². The van der Waals surface area contributed by atoms with E-state index in [9.17, 15) is 10.2 Å². The number of aromatic hydroxyl groups is 1. The van der Waals surface area contributed by atoms with Crippen molar-refractivity contribution in [2.45, 2.75) is 31.9 Å². The molecule has 2 heterocycles. The molecule has 5 nitrogen and oxygen atoms in total. The van der Waals surface area contributed by atoms with E-state index >= 15 is 0 Å². The smallest absolute Gasteiger partial charge is 0.231 e. The van der Waals surface area contributed by atoms with Gasteiger partial charge in [0.15, 0.2) is 11.5 Å². The van der Waals surface area contributed by atoms with Crippen molar-refractivity contribution in [1.82, 2.24) is 4.90 Å². The third-order valence-electron chi connectivity index (χ3n) is 5.12. The lowest BCUT2D eigenvalue weighted by Crippen LogP contribution is -2.42. The Morgan fingerprint density at radius 1 is 1.12 bits per heavy atom. The van der Waals surface area contributed by atoms with E-state index in [-0.39, 0.29) is 12.7 Å². The van der Waals surface area contributed by atoms with Crippen molar-refractivity contribution in [3.05, 3.63) is 53.1 Å². The second-order valence-electron chi connectivity index (χ2n) is 6.94. The highest BCUT2D eigenvalue weighted by Gasteiger charge is 2.30. The average molecular weight is 341 g/mol. The van der Waals surface area contributed by atoms with Crippen LogP contribution < -0.4 is 9.47 Å². The van der Waals surface area contributed by atoms with Crippen molar-refractivity contribution in [3.8, 4) is 17.2 Å². The summed E-state index contributed by atoms with van der Waals surface area (Å²) in [7, 11) is 0. The molecule has 2 N–H and O–H groups in total. The Balaban J connectivity index is 1.44. The zero-order valence-corrected chi connectivity index (χ0v) is 14.3. The molecule has 2 aliphatic heterocycles.